The number of methoxy groups -OCH3 is 1. The molecule has 0 spiro atoms. The minimum absolute atomic E-state index is 0.102. The van der Waals surface area contributed by atoms with Crippen molar-refractivity contribution in [3.05, 3.63) is 82.4 Å². The van der Waals surface area contributed by atoms with Crippen LogP contribution in [0.1, 0.15) is 50.4 Å². The van der Waals surface area contributed by atoms with E-state index in [4.69, 9.17) is 23.0 Å². The number of allylic oxidation sites excluding steroid dienone is 2. The summed E-state index contributed by atoms with van der Waals surface area (Å²) in [6, 6.07) is 12.6. The van der Waals surface area contributed by atoms with Crippen molar-refractivity contribution in [1.29, 1.82) is 0 Å². The fraction of sp³-hybridized carbons (Fsp3) is 0.312. The van der Waals surface area contributed by atoms with Crippen LogP contribution in [0.3, 0.4) is 0 Å². The van der Waals surface area contributed by atoms with Gasteiger partial charge in [0.15, 0.2) is 17.2 Å². The molecule has 0 saturated carbocycles. The number of ether oxygens (including phenoxy) is 3. The molecule has 2 aliphatic heterocycles. The minimum Gasteiger partial charge on any atom is -0.492 e. The third-order valence-electron chi connectivity index (χ3n) is 6.84. The molecule has 2 aliphatic rings. The summed E-state index contributed by atoms with van der Waals surface area (Å²) in [6.45, 7) is 6.14. The predicted octanol–water partition coefficient (Wildman–Crippen LogP) is 6.67. The fourth-order valence-corrected chi connectivity index (χ4v) is 4.79. The zero-order valence-corrected chi connectivity index (χ0v) is 23.0. The number of furan rings is 1. The van der Waals surface area contributed by atoms with Crippen LogP contribution in [0.2, 0.25) is 0 Å². The fourth-order valence-electron chi connectivity index (χ4n) is 4.79. The van der Waals surface area contributed by atoms with Crippen LogP contribution in [0, 0.1) is 0 Å². The van der Waals surface area contributed by atoms with Gasteiger partial charge in [-0.25, -0.2) is 4.79 Å². The van der Waals surface area contributed by atoms with Gasteiger partial charge in [-0.15, -0.1) is 0 Å². The van der Waals surface area contributed by atoms with Crippen molar-refractivity contribution >= 4 is 33.9 Å². The van der Waals surface area contributed by atoms with E-state index in [1.54, 1.807) is 31.4 Å². The van der Waals surface area contributed by atoms with Crippen LogP contribution in [0.15, 0.2) is 74.3 Å². The standard InChI is InChI=1S/C17H19NO3.C15H14O4/c19-17(18-10-4-1-5-11-18)7-3-2-6-14-8-9-15-16(12-14)21-13-20-15;1-8(2)14-15(17-3)10-6-9-4-5-13(16)18-11(9)7-12(10)19-14/h2-3,6-9,12H,1,4-5,10-11,13H2;4-8H,1-3H3. The molecule has 0 radical (unpaired) electrons. The average molecular weight is 544 g/mol. The Kier molecular flexibility index (Phi) is 8.24. The van der Waals surface area contributed by atoms with Crippen LogP contribution in [-0.4, -0.2) is 37.8 Å². The molecule has 0 aliphatic carbocycles. The highest BCUT2D eigenvalue weighted by Gasteiger charge is 2.19. The molecule has 1 amide bonds. The number of hydrogen-bond donors (Lipinski definition) is 0. The Labute approximate surface area is 232 Å². The molecule has 0 N–H and O–H groups in total. The van der Waals surface area contributed by atoms with Crippen molar-refractivity contribution in [2.24, 2.45) is 0 Å². The summed E-state index contributed by atoms with van der Waals surface area (Å²) < 4.78 is 27.0. The number of nitrogens with zero attached hydrogens (tertiary/aromatic N) is 1. The van der Waals surface area contributed by atoms with E-state index in [0.717, 1.165) is 65.3 Å². The summed E-state index contributed by atoms with van der Waals surface area (Å²) in [7, 11) is 1.63. The quantitative estimate of drug-likeness (QED) is 0.158. The smallest absolute Gasteiger partial charge is 0.336 e. The summed E-state index contributed by atoms with van der Waals surface area (Å²) in [4.78, 5) is 25.1. The van der Waals surface area contributed by atoms with E-state index in [-0.39, 0.29) is 24.2 Å². The molecule has 4 aromatic rings. The molecule has 1 fully saturated rings. The Hall–Kier alpha value is -4.46. The van der Waals surface area contributed by atoms with Crippen LogP contribution < -0.4 is 19.8 Å². The van der Waals surface area contributed by atoms with Gasteiger partial charge in [0.05, 0.1) is 12.5 Å². The first kappa shape index (κ1) is 27.1. The molecule has 1 saturated heterocycles. The van der Waals surface area contributed by atoms with Gasteiger partial charge in [-0.3, -0.25) is 4.79 Å². The van der Waals surface area contributed by atoms with Crippen molar-refractivity contribution in [3.8, 4) is 17.2 Å². The van der Waals surface area contributed by atoms with E-state index >= 15 is 0 Å². The SMILES string of the molecule is COc1c(C(C)C)oc2cc3oc(=O)ccc3cc12.O=C(C=CC=Cc1ccc2c(c1)OCO2)N1CCCCC1. The molecule has 0 atom stereocenters. The first-order valence-electron chi connectivity index (χ1n) is 13.5. The van der Waals surface area contributed by atoms with Gasteiger partial charge in [0.1, 0.15) is 16.9 Å². The lowest BCUT2D eigenvalue weighted by atomic mass is 10.1. The lowest BCUT2D eigenvalue weighted by Crippen LogP contribution is -2.34. The van der Waals surface area contributed by atoms with Crippen LogP contribution in [0.4, 0.5) is 0 Å². The second-order valence-corrected chi connectivity index (χ2v) is 10.0. The van der Waals surface area contributed by atoms with Gasteiger partial charge in [-0.05, 0) is 49.1 Å². The summed E-state index contributed by atoms with van der Waals surface area (Å²) in [5.74, 6) is 3.42. The number of rotatable bonds is 5. The van der Waals surface area contributed by atoms with Crippen molar-refractivity contribution in [2.45, 2.75) is 39.0 Å². The van der Waals surface area contributed by atoms with E-state index in [0.29, 0.717) is 11.2 Å². The number of fused-ring (bicyclic) bond motifs is 3. The largest absolute Gasteiger partial charge is 0.492 e. The molecule has 6 rings (SSSR count). The molecule has 208 valence electrons. The topological polar surface area (TPSA) is 91.4 Å². The lowest BCUT2D eigenvalue weighted by Gasteiger charge is -2.25. The molecule has 40 heavy (non-hydrogen) atoms. The Morgan fingerprint density at radius 1 is 0.925 bits per heavy atom. The van der Waals surface area contributed by atoms with Gasteiger partial charge in [0.2, 0.25) is 12.7 Å². The second-order valence-electron chi connectivity index (χ2n) is 10.0. The highest BCUT2D eigenvalue weighted by molar-refractivity contribution is 5.97. The summed E-state index contributed by atoms with van der Waals surface area (Å²) in [5.41, 5.74) is 1.85. The zero-order chi connectivity index (χ0) is 28.1. The van der Waals surface area contributed by atoms with Crippen molar-refractivity contribution < 1.29 is 27.8 Å². The predicted molar refractivity (Wildman–Crippen MR) is 154 cm³/mol. The molecule has 2 aromatic carbocycles. The van der Waals surface area contributed by atoms with E-state index in [2.05, 4.69) is 0 Å². The molecular formula is C32H33NO7. The molecular weight excluding hydrogens is 510 g/mol. The molecule has 8 heteroatoms. The van der Waals surface area contributed by atoms with Crippen LogP contribution in [0.25, 0.3) is 28.0 Å². The Balaban J connectivity index is 0.000000162. The van der Waals surface area contributed by atoms with E-state index < -0.39 is 0 Å². The molecule has 4 heterocycles. The van der Waals surface area contributed by atoms with E-state index in [9.17, 15) is 9.59 Å². The van der Waals surface area contributed by atoms with Crippen LogP contribution in [0.5, 0.6) is 17.2 Å². The van der Waals surface area contributed by atoms with Gasteiger partial charge in [0, 0.05) is 42.6 Å². The van der Waals surface area contributed by atoms with Crippen molar-refractivity contribution in [1.82, 2.24) is 4.90 Å². The van der Waals surface area contributed by atoms with Gasteiger partial charge in [-0.1, -0.05) is 38.1 Å². The van der Waals surface area contributed by atoms with Crippen LogP contribution in [-0.2, 0) is 4.79 Å². The number of likely N-dealkylation sites (tertiary alicyclic amines) is 1. The first-order chi connectivity index (χ1) is 19.4. The third-order valence-corrected chi connectivity index (χ3v) is 6.84. The van der Waals surface area contributed by atoms with Gasteiger partial charge < -0.3 is 27.9 Å². The minimum atomic E-state index is -0.366. The van der Waals surface area contributed by atoms with Gasteiger partial charge in [-0.2, -0.15) is 0 Å². The molecule has 8 nitrogen and oxygen atoms in total. The third kappa shape index (κ3) is 6.06. The number of carbonyl (C=O) groups excluding carboxylic acids is 1. The zero-order valence-electron chi connectivity index (χ0n) is 23.0. The number of benzene rings is 2. The molecule has 2 aromatic heterocycles. The summed E-state index contributed by atoms with van der Waals surface area (Å²) >= 11 is 0. The van der Waals surface area contributed by atoms with Crippen LogP contribution >= 0.6 is 0 Å². The monoisotopic (exact) mass is 543 g/mol. The number of hydrogen-bond acceptors (Lipinski definition) is 7. The lowest BCUT2D eigenvalue weighted by molar-refractivity contribution is -0.126. The Morgan fingerprint density at radius 3 is 2.50 bits per heavy atom. The molecule has 0 unspecified atom stereocenters. The Bertz CT molecular complexity index is 1620. The van der Waals surface area contributed by atoms with E-state index in [1.807, 2.05) is 55.2 Å². The van der Waals surface area contributed by atoms with Gasteiger partial charge >= 0.3 is 5.63 Å². The highest BCUT2D eigenvalue weighted by Crippen LogP contribution is 2.39. The number of carbonyl (C=O) groups is 1. The number of amides is 1. The Morgan fingerprint density at radius 2 is 1.73 bits per heavy atom. The maximum absolute atomic E-state index is 11.9. The maximum Gasteiger partial charge on any atom is 0.336 e. The average Bonchev–Trinajstić information content (AvgIpc) is 3.58. The summed E-state index contributed by atoms with van der Waals surface area (Å²) in [6.07, 6.45) is 10.7. The summed E-state index contributed by atoms with van der Waals surface area (Å²) in [5, 5.41) is 1.74. The van der Waals surface area contributed by atoms with Gasteiger partial charge in [0.25, 0.3) is 0 Å². The maximum atomic E-state index is 11.9. The normalized spacial score (nSPS) is 14.8. The number of piperidine rings is 1. The van der Waals surface area contributed by atoms with Crippen molar-refractivity contribution in [2.75, 3.05) is 27.0 Å². The second kappa shape index (κ2) is 12.2. The van der Waals surface area contributed by atoms with E-state index in [1.165, 1.54) is 12.5 Å². The first-order valence-corrected chi connectivity index (χ1v) is 13.5. The molecule has 0 bridgehead atoms. The highest BCUT2D eigenvalue weighted by atomic mass is 16.7. The van der Waals surface area contributed by atoms with Crippen molar-refractivity contribution in [3.63, 3.8) is 0 Å².